The summed E-state index contributed by atoms with van der Waals surface area (Å²) >= 11 is 0. The Balaban J connectivity index is 1.38. The molecule has 0 amide bonds. The van der Waals surface area contributed by atoms with Gasteiger partial charge in [-0.2, -0.15) is 5.10 Å². The number of halogens is 1. The predicted molar refractivity (Wildman–Crippen MR) is 124 cm³/mol. The lowest BCUT2D eigenvalue weighted by atomic mass is 9.97. The number of aromatic nitrogens is 5. The number of fused-ring (bicyclic) bond motifs is 4. The smallest absolute Gasteiger partial charge is 0.181 e. The Morgan fingerprint density at radius 3 is 2.76 bits per heavy atom. The van der Waals surface area contributed by atoms with Crippen molar-refractivity contribution < 1.29 is 4.39 Å². The molecule has 4 aromatic heterocycles. The van der Waals surface area contributed by atoms with Crippen molar-refractivity contribution in [1.82, 2.24) is 30.5 Å². The van der Waals surface area contributed by atoms with E-state index < -0.39 is 0 Å². The molecular formula is C26H17FN6. The van der Waals surface area contributed by atoms with Crippen molar-refractivity contribution in [2.24, 2.45) is 0 Å². The molecule has 1 atom stereocenters. The van der Waals surface area contributed by atoms with Crippen LogP contribution in [0.2, 0.25) is 0 Å². The molecule has 6 nitrogen and oxygen atoms in total. The summed E-state index contributed by atoms with van der Waals surface area (Å²) in [7, 11) is 0. The zero-order valence-electron chi connectivity index (χ0n) is 17.3. The molecule has 1 aliphatic heterocycles. The molecule has 1 fully saturated rings. The third-order valence-corrected chi connectivity index (χ3v) is 6.17. The number of pyridine rings is 2. The topological polar surface area (TPSA) is 92.2 Å². The van der Waals surface area contributed by atoms with E-state index in [4.69, 9.17) is 0 Å². The molecule has 1 unspecified atom stereocenters. The molecule has 3 N–H and O–H groups in total. The van der Waals surface area contributed by atoms with Gasteiger partial charge in [-0.15, -0.1) is 0 Å². The van der Waals surface area contributed by atoms with E-state index in [0.717, 1.165) is 56.1 Å². The first kappa shape index (κ1) is 18.1. The van der Waals surface area contributed by atoms with Gasteiger partial charge in [0.05, 0.1) is 22.8 Å². The monoisotopic (exact) mass is 432 g/mol. The van der Waals surface area contributed by atoms with Gasteiger partial charge in [-0.05, 0) is 53.6 Å². The Morgan fingerprint density at radius 1 is 0.909 bits per heavy atom. The van der Waals surface area contributed by atoms with Gasteiger partial charge in [0.2, 0.25) is 0 Å². The van der Waals surface area contributed by atoms with Gasteiger partial charge in [0, 0.05) is 34.6 Å². The molecule has 0 spiro atoms. The highest BCUT2D eigenvalue weighted by molar-refractivity contribution is 5.94. The highest BCUT2D eigenvalue weighted by atomic mass is 19.1. The van der Waals surface area contributed by atoms with Crippen LogP contribution >= 0.6 is 0 Å². The zero-order chi connectivity index (χ0) is 21.9. The second-order valence-corrected chi connectivity index (χ2v) is 8.21. The Kier molecular flexibility index (Phi) is 3.69. The third kappa shape index (κ3) is 2.90. The molecule has 0 saturated carbocycles. The first-order valence-corrected chi connectivity index (χ1v) is 10.7. The number of hydrogen-bond acceptors (Lipinski definition) is 4. The van der Waals surface area contributed by atoms with Crippen LogP contribution in [0.5, 0.6) is 0 Å². The van der Waals surface area contributed by atoms with Gasteiger partial charge >= 0.3 is 0 Å². The van der Waals surface area contributed by atoms with E-state index in [1.807, 2.05) is 30.3 Å². The van der Waals surface area contributed by atoms with E-state index >= 15 is 0 Å². The highest BCUT2D eigenvalue weighted by Crippen LogP contribution is 2.44. The predicted octanol–water partition coefficient (Wildman–Crippen LogP) is 5.13. The molecule has 5 aromatic rings. The lowest BCUT2D eigenvalue weighted by Crippen LogP contribution is -1.94. The number of allylic oxidation sites excluding steroid dienone is 2. The zero-order valence-corrected chi connectivity index (χ0v) is 17.3. The molecule has 1 aromatic carbocycles. The molecule has 1 aliphatic carbocycles. The van der Waals surface area contributed by atoms with Crippen molar-refractivity contribution in [3.63, 3.8) is 0 Å². The Morgan fingerprint density at radius 2 is 1.88 bits per heavy atom. The fourth-order valence-electron chi connectivity index (χ4n) is 4.50. The molecule has 7 rings (SSSR count). The van der Waals surface area contributed by atoms with Gasteiger partial charge in [0.25, 0.3) is 0 Å². The Hall–Kier alpha value is -4.52. The quantitative estimate of drug-likeness (QED) is 0.345. The lowest BCUT2D eigenvalue weighted by Gasteiger charge is -2.07. The van der Waals surface area contributed by atoms with Crippen LogP contribution in [0.1, 0.15) is 22.9 Å². The van der Waals surface area contributed by atoms with Gasteiger partial charge in [0.1, 0.15) is 11.9 Å². The van der Waals surface area contributed by atoms with Gasteiger partial charge in [-0.25, -0.2) is 9.37 Å². The maximum Gasteiger partial charge on any atom is 0.181 e. The molecular weight excluding hydrogens is 415 g/mol. The van der Waals surface area contributed by atoms with Crippen molar-refractivity contribution in [3.8, 4) is 22.6 Å². The maximum absolute atomic E-state index is 14.0. The number of rotatable bonds is 3. The molecule has 2 aliphatic rings. The molecule has 0 bridgehead atoms. The van der Waals surface area contributed by atoms with Crippen molar-refractivity contribution in [2.75, 3.05) is 0 Å². The summed E-state index contributed by atoms with van der Waals surface area (Å²) in [4.78, 5) is 12.5. The number of hydrogen-bond donors (Lipinski definition) is 3. The molecule has 7 heteroatoms. The van der Waals surface area contributed by atoms with Gasteiger partial charge < -0.3 is 10.3 Å². The summed E-state index contributed by atoms with van der Waals surface area (Å²) in [5, 5.41) is 11.9. The van der Waals surface area contributed by atoms with Crippen LogP contribution < -0.4 is 5.32 Å². The summed E-state index contributed by atoms with van der Waals surface area (Å²) in [5.74, 6) is -0.251. The summed E-state index contributed by atoms with van der Waals surface area (Å²) in [6.45, 7) is 0. The summed E-state index contributed by atoms with van der Waals surface area (Å²) in [6.07, 6.45) is 7.67. The average molecular weight is 432 g/mol. The van der Waals surface area contributed by atoms with E-state index in [9.17, 15) is 4.39 Å². The Labute approximate surface area is 187 Å². The van der Waals surface area contributed by atoms with Crippen LogP contribution in [-0.4, -0.2) is 25.1 Å². The number of benzene rings is 1. The number of nitrogens with one attached hydrogen (secondary N) is 3. The number of aromatic amines is 2. The molecule has 0 radical (unpaired) electrons. The summed E-state index contributed by atoms with van der Waals surface area (Å²) < 4.78 is 14.0. The third-order valence-electron chi connectivity index (χ3n) is 6.17. The first-order chi connectivity index (χ1) is 16.2. The minimum atomic E-state index is -0.251. The fraction of sp³-hybridized carbons (Fsp3) is 0.0385. The van der Waals surface area contributed by atoms with E-state index in [1.54, 1.807) is 24.5 Å². The van der Waals surface area contributed by atoms with Crippen molar-refractivity contribution in [3.05, 3.63) is 107 Å². The van der Waals surface area contributed by atoms with E-state index in [2.05, 4.69) is 48.7 Å². The van der Waals surface area contributed by atoms with Crippen molar-refractivity contribution in [2.45, 2.75) is 6.04 Å². The molecule has 5 heterocycles. The minimum absolute atomic E-state index is 0.132. The standard InChI is InChI=1S/C26H17FN6/c27-16-5-3-4-14(10-16)17-7-8-21-25(30-21)24-18(17)12-22(31-24)23-19-11-15(13-29-26(19)33-32-23)20-6-1-2-9-28-20/h1-13,25,30-31H,(H,29,32,33). The number of nitrogens with zero attached hydrogens (tertiary/aromatic N) is 3. The lowest BCUT2D eigenvalue weighted by molar-refractivity contribution is 0.627. The molecule has 1 saturated heterocycles. The second kappa shape index (κ2) is 6.74. The van der Waals surface area contributed by atoms with Gasteiger partial charge in [-0.3, -0.25) is 10.1 Å². The van der Waals surface area contributed by atoms with Crippen LogP contribution in [0, 0.1) is 5.82 Å². The van der Waals surface area contributed by atoms with Gasteiger partial charge in [-0.1, -0.05) is 24.3 Å². The van der Waals surface area contributed by atoms with Crippen molar-refractivity contribution >= 4 is 16.6 Å². The fourth-order valence-corrected chi connectivity index (χ4v) is 4.50. The van der Waals surface area contributed by atoms with E-state index in [1.165, 1.54) is 6.07 Å². The van der Waals surface area contributed by atoms with E-state index in [-0.39, 0.29) is 11.9 Å². The van der Waals surface area contributed by atoms with Crippen LogP contribution in [0.25, 0.3) is 39.3 Å². The Bertz CT molecular complexity index is 1610. The average Bonchev–Trinajstić information content (AvgIpc) is 3.33. The SMILES string of the molecule is Fc1cccc(C2=CC=C3NC3c3[nH]c(-c4[nH]nc5ncc(-c6ccccn6)cc45)cc32)c1. The van der Waals surface area contributed by atoms with Crippen LogP contribution in [0.3, 0.4) is 0 Å². The second-order valence-electron chi connectivity index (χ2n) is 8.21. The van der Waals surface area contributed by atoms with Crippen LogP contribution in [0.15, 0.2) is 84.8 Å². The summed E-state index contributed by atoms with van der Waals surface area (Å²) in [5.41, 5.74) is 9.23. The largest absolute Gasteiger partial charge is 0.373 e. The minimum Gasteiger partial charge on any atom is -0.373 e. The van der Waals surface area contributed by atoms with Crippen LogP contribution in [0.4, 0.5) is 4.39 Å². The van der Waals surface area contributed by atoms with E-state index in [0.29, 0.717) is 5.65 Å². The molecule has 33 heavy (non-hydrogen) atoms. The number of H-pyrrole nitrogens is 2. The normalized spacial score (nSPS) is 16.3. The summed E-state index contributed by atoms with van der Waals surface area (Å²) in [6, 6.07) is 16.8. The maximum atomic E-state index is 14.0. The highest BCUT2D eigenvalue weighted by Gasteiger charge is 2.36. The first-order valence-electron chi connectivity index (χ1n) is 10.7. The van der Waals surface area contributed by atoms with Crippen molar-refractivity contribution in [1.29, 1.82) is 0 Å². The van der Waals surface area contributed by atoms with Crippen LogP contribution in [-0.2, 0) is 0 Å². The molecule has 158 valence electrons. The van der Waals surface area contributed by atoms with Gasteiger partial charge in [0.15, 0.2) is 5.65 Å².